The molecule has 1 unspecified atom stereocenters. The monoisotopic (exact) mass is 967 g/mol. The number of allylic oxidation sites excluding steroid dienone is 21. The second-order valence-electron chi connectivity index (χ2n) is 18.1. The first-order chi connectivity index (χ1) is 34.5. The van der Waals surface area contributed by atoms with Gasteiger partial charge in [-0.3, -0.25) is 14.4 Å². The van der Waals surface area contributed by atoms with Crippen LogP contribution in [-0.4, -0.2) is 37.2 Å². The number of rotatable bonds is 49. The quantitative estimate of drug-likeness (QED) is 0.0262. The molecule has 0 saturated heterocycles. The van der Waals surface area contributed by atoms with Crippen molar-refractivity contribution in [1.82, 2.24) is 0 Å². The Labute approximate surface area is 430 Å². The number of carbonyl (C=O) groups excluding carboxylic acids is 3. The first kappa shape index (κ1) is 65.5. The predicted molar refractivity (Wildman–Crippen MR) is 302 cm³/mol. The Morgan fingerprint density at radius 3 is 1.00 bits per heavy atom. The van der Waals surface area contributed by atoms with Crippen LogP contribution in [0.2, 0.25) is 0 Å². The molecule has 0 fully saturated rings. The van der Waals surface area contributed by atoms with Crippen molar-refractivity contribution >= 4 is 17.9 Å². The molecule has 0 saturated carbocycles. The van der Waals surface area contributed by atoms with Gasteiger partial charge in [-0.05, 0) is 116 Å². The lowest BCUT2D eigenvalue weighted by atomic mass is 10.1. The Hall–Kier alpha value is -4.45. The van der Waals surface area contributed by atoms with Gasteiger partial charge in [0.25, 0.3) is 0 Å². The predicted octanol–water partition coefficient (Wildman–Crippen LogP) is 19.0. The minimum absolute atomic E-state index is 0.117. The molecule has 0 aliphatic heterocycles. The van der Waals surface area contributed by atoms with Gasteiger partial charge >= 0.3 is 17.9 Å². The van der Waals surface area contributed by atoms with Gasteiger partial charge in [-0.1, -0.05) is 231 Å². The fourth-order valence-corrected chi connectivity index (χ4v) is 7.24. The molecular weight excluding hydrogens is 865 g/mol. The van der Waals surface area contributed by atoms with Crippen LogP contribution in [0.25, 0.3) is 0 Å². The lowest BCUT2D eigenvalue weighted by Gasteiger charge is -2.18. The summed E-state index contributed by atoms with van der Waals surface area (Å²) in [4.78, 5) is 38.1. The zero-order valence-corrected chi connectivity index (χ0v) is 45.0. The lowest BCUT2D eigenvalue weighted by molar-refractivity contribution is -0.166. The van der Waals surface area contributed by atoms with Crippen molar-refractivity contribution in [3.8, 4) is 0 Å². The molecule has 6 heteroatoms. The summed E-state index contributed by atoms with van der Waals surface area (Å²) < 4.78 is 16.7. The zero-order valence-electron chi connectivity index (χ0n) is 45.0. The highest BCUT2D eigenvalue weighted by Gasteiger charge is 2.19. The Kier molecular flexibility index (Phi) is 53.5. The maximum atomic E-state index is 12.9. The van der Waals surface area contributed by atoms with Gasteiger partial charge in [-0.15, -0.1) is 0 Å². The van der Waals surface area contributed by atoms with E-state index in [9.17, 15) is 14.4 Å². The van der Waals surface area contributed by atoms with Crippen LogP contribution in [0.1, 0.15) is 233 Å². The normalized spacial score (nSPS) is 13.1. The summed E-state index contributed by atoms with van der Waals surface area (Å²) >= 11 is 0. The second-order valence-corrected chi connectivity index (χ2v) is 18.1. The van der Waals surface area contributed by atoms with Crippen LogP contribution in [-0.2, 0) is 28.6 Å². The van der Waals surface area contributed by atoms with Gasteiger partial charge in [0, 0.05) is 12.8 Å². The number of ether oxygens (including phenoxy) is 3. The zero-order chi connectivity index (χ0) is 50.7. The van der Waals surface area contributed by atoms with Crippen molar-refractivity contribution in [2.75, 3.05) is 13.2 Å². The van der Waals surface area contributed by atoms with E-state index >= 15 is 0 Å². The number of hydrogen-bond donors (Lipinski definition) is 0. The highest BCUT2D eigenvalue weighted by atomic mass is 16.6. The molecule has 0 bridgehead atoms. The van der Waals surface area contributed by atoms with E-state index in [1.807, 2.05) is 6.08 Å². The molecule has 0 spiro atoms. The van der Waals surface area contributed by atoms with Crippen molar-refractivity contribution in [2.24, 2.45) is 0 Å². The van der Waals surface area contributed by atoms with E-state index in [4.69, 9.17) is 14.2 Å². The van der Waals surface area contributed by atoms with Crippen molar-refractivity contribution in [3.05, 3.63) is 134 Å². The summed E-state index contributed by atoms with van der Waals surface area (Å²) in [6.07, 6.45) is 80.3. The maximum Gasteiger partial charge on any atom is 0.309 e. The van der Waals surface area contributed by atoms with Crippen LogP contribution in [0.15, 0.2) is 134 Å². The third kappa shape index (κ3) is 54.5. The third-order valence-corrected chi connectivity index (χ3v) is 11.4. The molecule has 0 N–H and O–H groups in total. The Balaban J connectivity index is 4.54. The van der Waals surface area contributed by atoms with Gasteiger partial charge in [-0.25, -0.2) is 0 Å². The van der Waals surface area contributed by atoms with Gasteiger partial charge in [0.15, 0.2) is 6.10 Å². The molecule has 0 radical (unpaired) electrons. The number of carbonyl (C=O) groups is 3. The van der Waals surface area contributed by atoms with Crippen LogP contribution in [0.3, 0.4) is 0 Å². The number of hydrogen-bond acceptors (Lipinski definition) is 6. The molecule has 0 aromatic carbocycles. The summed E-state index contributed by atoms with van der Waals surface area (Å²) in [5.41, 5.74) is 0. The Morgan fingerprint density at radius 1 is 0.314 bits per heavy atom. The lowest BCUT2D eigenvalue weighted by Crippen LogP contribution is -2.30. The van der Waals surface area contributed by atoms with Gasteiger partial charge < -0.3 is 14.2 Å². The van der Waals surface area contributed by atoms with E-state index in [0.717, 1.165) is 122 Å². The summed E-state index contributed by atoms with van der Waals surface area (Å²) in [5.74, 6) is -1.08. The summed E-state index contributed by atoms with van der Waals surface area (Å²) in [5, 5.41) is 0. The molecule has 0 aromatic rings. The van der Waals surface area contributed by atoms with Crippen molar-refractivity contribution in [2.45, 2.75) is 239 Å². The molecule has 0 rings (SSSR count). The first-order valence-corrected chi connectivity index (χ1v) is 28.2. The van der Waals surface area contributed by atoms with E-state index in [1.54, 1.807) is 6.08 Å². The molecule has 70 heavy (non-hydrogen) atoms. The Morgan fingerprint density at radius 2 is 0.614 bits per heavy atom. The van der Waals surface area contributed by atoms with Gasteiger partial charge in [-0.2, -0.15) is 0 Å². The molecule has 0 aliphatic rings. The van der Waals surface area contributed by atoms with Crippen molar-refractivity contribution in [3.63, 3.8) is 0 Å². The fraction of sp³-hybridized carbons (Fsp3) is 0.609. The van der Waals surface area contributed by atoms with E-state index in [1.165, 1.54) is 70.6 Å². The van der Waals surface area contributed by atoms with E-state index in [-0.39, 0.29) is 31.6 Å². The fourth-order valence-electron chi connectivity index (χ4n) is 7.24. The molecular formula is C64H102O6. The third-order valence-electron chi connectivity index (χ3n) is 11.4. The molecule has 0 amide bonds. The first-order valence-electron chi connectivity index (χ1n) is 28.2. The molecule has 6 nitrogen and oxygen atoms in total. The average molecular weight is 968 g/mol. The summed E-state index contributed by atoms with van der Waals surface area (Å²) in [6.45, 7) is 6.28. The van der Waals surface area contributed by atoms with Crippen LogP contribution in [0.4, 0.5) is 0 Å². The van der Waals surface area contributed by atoms with Gasteiger partial charge in [0.1, 0.15) is 13.2 Å². The van der Waals surface area contributed by atoms with Crippen LogP contribution < -0.4 is 0 Å². The van der Waals surface area contributed by atoms with Crippen LogP contribution in [0, 0.1) is 0 Å². The molecule has 1 atom stereocenters. The van der Waals surface area contributed by atoms with Gasteiger partial charge in [0.2, 0.25) is 0 Å². The molecule has 394 valence electrons. The average Bonchev–Trinajstić information content (AvgIpc) is 3.36. The standard InChI is InChI=1S/C64H102O6/c1-4-7-10-13-16-19-22-25-28-30-32-34-36-39-42-45-48-51-54-57-63(66)69-60-61(59-68-62(65)56-53-50-47-44-41-38-35-27-24-21-18-15-12-9-6-3)70-64(67)58-55-52-49-46-43-40-37-33-31-29-26-23-20-17-14-11-8-5-2/h7,9-10,12,16,18-21,23,25,27-29,31-32,34-35,41,44,50,53,61H,4-6,8,11,13-15,17,22,24,26,30,33,36-40,42-43,45-49,51-52,54-60H2,1-3H3/b10-7-,12-9-,19-16-,21-18-,23-20-,28-25-,31-29-,34-32-,35-27-,44-41-,53-50-. The molecule has 0 heterocycles. The number of esters is 3. The van der Waals surface area contributed by atoms with Crippen molar-refractivity contribution < 1.29 is 28.6 Å². The van der Waals surface area contributed by atoms with Crippen LogP contribution in [0.5, 0.6) is 0 Å². The highest BCUT2D eigenvalue weighted by molar-refractivity contribution is 5.72. The molecule has 0 aromatic heterocycles. The minimum atomic E-state index is -0.834. The minimum Gasteiger partial charge on any atom is -0.462 e. The largest absolute Gasteiger partial charge is 0.462 e. The summed E-state index contributed by atoms with van der Waals surface area (Å²) in [7, 11) is 0. The Bertz CT molecular complexity index is 1530. The topological polar surface area (TPSA) is 78.9 Å². The second kappa shape index (κ2) is 57.1. The SMILES string of the molecule is CC/C=C\C/C=C\C/C=C\C/C=C\C/C=C\CC(=O)OCC(COC(=O)CCCCCCCC/C=C\C/C=C\C/C=C\C/C=C\CC)OC(=O)CCCCCCCCC/C=C\C/C=C\CCCCCC. The van der Waals surface area contributed by atoms with Crippen molar-refractivity contribution in [1.29, 1.82) is 0 Å². The smallest absolute Gasteiger partial charge is 0.309 e. The maximum absolute atomic E-state index is 12.9. The van der Waals surface area contributed by atoms with E-state index < -0.39 is 12.1 Å². The highest BCUT2D eigenvalue weighted by Crippen LogP contribution is 2.13. The van der Waals surface area contributed by atoms with Crippen LogP contribution >= 0.6 is 0 Å². The summed E-state index contributed by atoms with van der Waals surface area (Å²) in [6, 6.07) is 0. The van der Waals surface area contributed by atoms with E-state index in [0.29, 0.717) is 12.8 Å². The van der Waals surface area contributed by atoms with E-state index in [2.05, 4.69) is 142 Å². The van der Waals surface area contributed by atoms with Gasteiger partial charge in [0.05, 0.1) is 6.42 Å². The number of unbranched alkanes of at least 4 members (excludes halogenated alkanes) is 17. The molecule has 0 aliphatic carbocycles.